The van der Waals surface area contributed by atoms with Gasteiger partial charge in [-0.05, 0) is 22.0 Å². The fourth-order valence-corrected chi connectivity index (χ4v) is 3.59. The van der Waals surface area contributed by atoms with E-state index in [-0.39, 0.29) is 24.4 Å². The number of imidazole rings is 1. The van der Waals surface area contributed by atoms with Gasteiger partial charge in [-0.25, -0.2) is 4.98 Å². The van der Waals surface area contributed by atoms with Crippen LogP contribution in [0, 0.1) is 0 Å². The SMILES string of the molecule is Cl.Cn1ccnc1C1CNCCN1C(=O)c1csc(Br)c1. The Morgan fingerprint density at radius 2 is 2.38 bits per heavy atom. The van der Waals surface area contributed by atoms with E-state index in [0.29, 0.717) is 6.54 Å². The van der Waals surface area contributed by atoms with E-state index in [2.05, 4.69) is 26.2 Å². The molecule has 0 saturated carbocycles. The Balaban J connectivity index is 0.00000161. The summed E-state index contributed by atoms with van der Waals surface area (Å²) in [4.78, 5) is 19.0. The second-order valence-electron chi connectivity index (χ2n) is 4.75. The topological polar surface area (TPSA) is 50.2 Å². The first-order valence-electron chi connectivity index (χ1n) is 6.40. The summed E-state index contributed by atoms with van der Waals surface area (Å²) in [7, 11) is 1.96. The van der Waals surface area contributed by atoms with E-state index in [4.69, 9.17) is 0 Å². The molecule has 3 heterocycles. The van der Waals surface area contributed by atoms with E-state index < -0.39 is 0 Å². The number of carbonyl (C=O) groups is 1. The molecule has 1 saturated heterocycles. The zero-order valence-corrected chi connectivity index (χ0v) is 14.7. The number of rotatable bonds is 2. The van der Waals surface area contributed by atoms with Crippen LogP contribution >= 0.6 is 39.7 Å². The number of thiophene rings is 1. The van der Waals surface area contributed by atoms with E-state index in [1.54, 1.807) is 6.20 Å². The summed E-state index contributed by atoms with van der Waals surface area (Å²) < 4.78 is 2.95. The molecular weight excluding hydrogens is 376 g/mol. The number of amides is 1. The van der Waals surface area contributed by atoms with Crippen molar-refractivity contribution >= 4 is 45.6 Å². The molecule has 1 unspecified atom stereocenters. The lowest BCUT2D eigenvalue weighted by molar-refractivity contribution is 0.0621. The Morgan fingerprint density at radius 1 is 1.57 bits per heavy atom. The van der Waals surface area contributed by atoms with E-state index in [1.165, 1.54) is 11.3 Å². The second kappa shape index (κ2) is 6.91. The predicted molar refractivity (Wildman–Crippen MR) is 89.1 cm³/mol. The predicted octanol–water partition coefficient (Wildman–Crippen LogP) is 2.45. The smallest absolute Gasteiger partial charge is 0.255 e. The lowest BCUT2D eigenvalue weighted by Gasteiger charge is -2.35. The number of halogens is 2. The maximum absolute atomic E-state index is 12.7. The number of nitrogens with one attached hydrogen (secondary N) is 1. The molecule has 1 fully saturated rings. The molecule has 1 N–H and O–H groups in total. The fraction of sp³-hybridized carbons (Fsp3) is 0.385. The van der Waals surface area contributed by atoms with Gasteiger partial charge in [0.2, 0.25) is 0 Å². The quantitative estimate of drug-likeness (QED) is 0.855. The van der Waals surface area contributed by atoms with Crippen LogP contribution in [0.3, 0.4) is 0 Å². The largest absolute Gasteiger partial charge is 0.336 e. The summed E-state index contributed by atoms with van der Waals surface area (Å²) in [5.74, 6) is 0.987. The summed E-state index contributed by atoms with van der Waals surface area (Å²) >= 11 is 4.94. The molecule has 0 radical (unpaired) electrons. The molecule has 8 heteroatoms. The number of nitrogens with zero attached hydrogens (tertiary/aromatic N) is 3. The van der Waals surface area contributed by atoms with Crippen molar-refractivity contribution in [3.05, 3.63) is 39.0 Å². The molecule has 0 bridgehead atoms. The van der Waals surface area contributed by atoms with Crippen molar-refractivity contribution in [2.45, 2.75) is 6.04 Å². The summed E-state index contributed by atoms with van der Waals surface area (Å²) in [6, 6.07) is 1.86. The summed E-state index contributed by atoms with van der Waals surface area (Å²) in [5.41, 5.74) is 0.739. The molecule has 0 spiro atoms. The molecule has 1 atom stereocenters. The van der Waals surface area contributed by atoms with Gasteiger partial charge in [0.05, 0.1) is 9.35 Å². The third kappa shape index (κ3) is 3.31. The minimum Gasteiger partial charge on any atom is -0.336 e. The average Bonchev–Trinajstić information content (AvgIpc) is 3.07. The van der Waals surface area contributed by atoms with Crippen LogP contribution in [0.2, 0.25) is 0 Å². The molecule has 3 rings (SSSR count). The lowest BCUT2D eigenvalue weighted by Crippen LogP contribution is -2.49. The zero-order chi connectivity index (χ0) is 14.1. The van der Waals surface area contributed by atoms with Crippen molar-refractivity contribution in [1.29, 1.82) is 0 Å². The molecule has 1 aliphatic heterocycles. The van der Waals surface area contributed by atoms with Crippen molar-refractivity contribution in [3.63, 3.8) is 0 Å². The molecule has 2 aromatic rings. The lowest BCUT2D eigenvalue weighted by atomic mass is 10.1. The molecule has 0 aromatic carbocycles. The molecule has 5 nitrogen and oxygen atoms in total. The van der Waals surface area contributed by atoms with Crippen molar-refractivity contribution in [3.8, 4) is 0 Å². The molecule has 2 aromatic heterocycles. The second-order valence-corrected chi connectivity index (χ2v) is 7.04. The van der Waals surface area contributed by atoms with Crippen molar-refractivity contribution in [2.24, 2.45) is 7.05 Å². The highest BCUT2D eigenvalue weighted by Crippen LogP contribution is 2.26. The van der Waals surface area contributed by atoms with Gasteiger partial charge in [-0.3, -0.25) is 4.79 Å². The Hall–Kier alpha value is -0.890. The zero-order valence-electron chi connectivity index (χ0n) is 11.5. The fourth-order valence-electron chi connectivity index (χ4n) is 2.46. The van der Waals surface area contributed by atoms with Gasteiger partial charge in [0.25, 0.3) is 5.91 Å². The van der Waals surface area contributed by atoms with E-state index in [9.17, 15) is 4.79 Å². The van der Waals surface area contributed by atoms with Gasteiger partial charge in [-0.1, -0.05) is 0 Å². The first kappa shape index (κ1) is 16.5. The standard InChI is InChI=1S/C13H15BrN4OS.ClH/c1-17-4-3-16-12(17)10-7-15-2-5-18(10)13(19)9-6-11(14)20-8-9;/h3-4,6,8,10,15H,2,5,7H2,1H3;1H. The Kier molecular flexibility index (Phi) is 5.43. The molecule has 114 valence electrons. The van der Waals surface area contributed by atoms with Crippen molar-refractivity contribution in [2.75, 3.05) is 19.6 Å². The monoisotopic (exact) mass is 390 g/mol. The summed E-state index contributed by atoms with van der Waals surface area (Å²) in [6.07, 6.45) is 3.68. The van der Waals surface area contributed by atoms with Gasteiger partial charge in [0.15, 0.2) is 0 Å². The minimum atomic E-state index is -0.0186. The maximum Gasteiger partial charge on any atom is 0.255 e. The number of aryl methyl sites for hydroxylation is 1. The van der Waals surface area contributed by atoms with Gasteiger partial charge in [-0.2, -0.15) is 0 Å². The molecule has 1 aliphatic rings. The van der Waals surface area contributed by atoms with Crippen LogP contribution in [0.15, 0.2) is 27.6 Å². The highest BCUT2D eigenvalue weighted by atomic mass is 79.9. The van der Waals surface area contributed by atoms with Crippen LogP contribution in [0.5, 0.6) is 0 Å². The highest BCUT2D eigenvalue weighted by molar-refractivity contribution is 9.11. The minimum absolute atomic E-state index is 0. The van der Waals surface area contributed by atoms with E-state index in [1.807, 2.05) is 34.2 Å². The molecular formula is C13H16BrClN4OS. The van der Waals surface area contributed by atoms with Crippen molar-refractivity contribution in [1.82, 2.24) is 19.8 Å². The van der Waals surface area contributed by atoms with Crippen LogP contribution in [0.25, 0.3) is 0 Å². The normalized spacial score (nSPS) is 18.4. The number of aromatic nitrogens is 2. The van der Waals surface area contributed by atoms with Crippen molar-refractivity contribution < 1.29 is 4.79 Å². The Bertz CT molecular complexity index is 629. The van der Waals surface area contributed by atoms with Gasteiger partial charge >= 0.3 is 0 Å². The first-order valence-corrected chi connectivity index (χ1v) is 8.07. The van der Waals surface area contributed by atoms with E-state index in [0.717, 1.165) is 28.3 Å². The van der Waals surface area contributed by atoms with Crippen LogP contribution in [0.4, 0.5) is 0 Å². The maximum atomic E-state index is 12.7. The van der Waals surface area contributed by atoms with Gasteiger partial charge in [-0.15, -0.1) is 23.7 Å². The number of piperazine rings is 1. The third-order valence-corrected chi connectivity index (χ3v) is 4.98. The van der Waals surface area contributed by atoms with Gasteiger partial charge < -0.3 is 14.8 Å². The summed E-state index contributed by atoms with van der Waals surface area (Å²) in [6.45, 7) is 2.25. The molecule has 0 aliphatic carbocycles. The number of hydrogen-bond donors (Lipinski definition) is 1. The highest BCUT2D eigenvalue weighted by Gasteiger charge is 2.31. The van der Waals surface area contributed by atoms with Crippen LogP contribution < -0.4 is 5.32 Å². The Morgan fingerprint density at radius 3 is 3.00 bits per heavy atom. The molecule has 1 amide bonds. The summed E-state index contributed by atoms with van der Waals surface area (Å²) in [5, 5.41) is 5.23. The van der Waals surface area contributed by atoms with Crippen LogP contribution in [-0.4, -0.2) is 40.0 Å². The third-order valence-electron chi connectivity index (χ3n) is 3.48. The van der Waals surface area contributed by atoms with Crippen LogP contribution in [0.1, 0.15) is 22.2 Å². The number of hydrogen-bond acceptors (Lipinski definition) is 4. The van der Waals surface area contributed by atoms with Gasteiger partial charge in [0, 0.05) is 44.5 Å². The molecule has 21 heavy (non-hydrogen) atoms. The first-order chi connectivity index (χ1) is 9.66. The van der Waals surface area contributed by atoms with Crippen LogP contribution in [-0.2, 0) is 7.05 Å². The average molecular weight is 392 g/mol. The number of carbonyl (C=O) groups excluding carboxylic acids is 1. The Labute approximate surface area is 141 Å². The van der Waals surface area contributed by atoms with E-state index >= 15 is 0 Å². The van der Waals surface area contributed by atoms with Gasteiger partial charge in [0.1, 0.15) is 11.9 Å².